The molecule has 3 heteroatoms. The first-order chi connectivity index (χ1) is 7.22. The van der Waals surface area contributed by atoms with E-state index in [0.717, 1.165) is 29.9 Å². The fourth-order valence-electron chi connectivity index (χ4n) is 1.55. The molecule has 0 aliphatic heterocycles. The normalized spacial score (nSPS) is 10.7. The second-order valence-corrected chi connectivity index (χ2v) is 4.24. The molecule has 0 amide bonds. The Labute approximate surface area is 100 Å². The van der Waals surface area contributed by atoms with Crippen LogP contribution < -0.4 is 4.74 Å². The molecule has 0 saturated heterocycles. The zero-order valence-corrected chi connectivity index (χ0v) is 11.2. The Bertz CT molecular complexity index is 310. The second kappa shape index (κ2) is 6.13. The maximum absolute atomic E-state index is 5.36. The number of ether oxygens (including phenoxy) is 1. The van der Waals surface area contributed by atoms with Crippen LogP contribution in [0.5, 0.6) is 5.75 Å². The van der Waals surface area contributed by atoms with Gasteiger partial charge in [-0.15, -0.1) is 0 Å². The van der Waals surface area contributed by atoms with E-state index in [0.29, 0.717) is 0 Å². The van der Waals surface area contributed by atoms with E-state index in [2.05, 4.69) is 40.7 Å². The van der Waals surface area contributed by atoms with Crippen LogP contribution in [0.4, 0.5) is 0 Å². The number of rotatable bonds is 5. The lowest BCUT2D eigenvalue weighted by Gasteiger charge is -2.20. The predicted octanol–water partition coefficient (Wildman–Crippen LogP) is 3.30. The van der Waals surface area contributed by atoms with Gasteiger partial charge in [0, 0.05) is 16.6 Å². The summed E-state index contributed by atoms with van der Waals surface area (Å²) in [7, 11) is 1.72. The summed E-state index contributed by atoms with van der Waals surface area (Å²) in [5, 5.41) is 0. The molecular formula is C12H18BrNO. The van der Waals surface area contributed by atoms with Crippen molar-refractivity contribution < 1.29 is 4.74 Å². The minimum atomic E-state index is 0.928. The van der Waals surface area contributed by atoms with Gasteiger partial charge < -0.3 is 4.74 Å². The van der Waals surface area contributed by atoms with E-state index in [1.165, 1.54) is 5.56 Å². The molecule has 15 heavy (non-hydrogen) atoms. The van der Waals surface area contributed by atoms with Crippen LogP contribution in [0.15, 0.2) is 22.7 Å². The second-order valence-electron chi connectivity index (χ2n) is 3.38. The van der Waals surface area contributed by atoms with Crippen molar-refractivity contribution in [2.75, 3.05) is 20.2 Å². The van der Waals surface area contributed by atoms with Crippen molar-refractivity contribution in [1.82, 2.24) is 4.90 Å². The minimum Gasteiger partial charge on any atom is -0.496 e. The lowest BCUT2D eigenvalue weighted by atomic mass is 10.2. The molecule has 0 N–H and O–H groups in total. The summed E-state index contributed by atoms with van der Waals surface area (Å²) in [6.45, 7) is 7.39. The molecule has 0 spiro atoms. The largest absolute Gasteiger partial charge is 0.496 e. The Morgan fingerprint density at radius 3 is 2.47 bits per heavy atom. The monoisotopic (exact) mass is 271 g/mol. The third-order valence-electron chi connectivity index (χ3n) is 2.57. The molecule has 0 heterocycles. The highest BCUT2D eigenvalue weighted by atomic mass is 79.9. The molecule has 0 aromatic heterocycles. The Morgan fingerprint density at radius 2 is 1.93 bits per heavy atom. The zero-order chi connectivity index (χ0) is 11.3. The number of hydrogen-bond donors (Lipinski definition) is 0. The summed E-state index contributed by atoms with van der Waals surface area (Å²) in [6, 6.07) is 6.06. The standard InChI is InChI=1S/C12H18BrNO/c1-4-14(5-2)9-10-11(13)7-6-8-12(10)15-3/h6-8H,4-5,9H2,1-3H3. The van der Waals surface area contributed by atoms with Gasteiger partial charge in [-0.25, -0.2) is 0 Å². The first kappa shape index (κ1) is 12.5. The van der Waals surface area contributed by atoms with E-state index in [1.54, 1.807) is 7.11 Å². The minimum absolute atomic E-state index is 0.928. The fraction of sp³-hybridized carbons (Fsp3) is 0.500. The molecule has 1 aromatic rings. The third kappa shape index (κ3) is 3.21. The van der Waals surface area contributed by atoms with E-state index in [1.807, 2.05) is 12.1 Å². The molecule has 0 radical (unpaired) electrons. The highest BCUT2D eigenvalue weighted by Gasteiger charge is 2.09. The Balaban J connectivity index is 2.91. The number of hydrogen-bond acceptors (Lipinski definition) is 2. The van der Waals surface area contributed by atoms with E-state index in [9.17, 15) is 0 Å². The maximum atomic E-state index is 5.36. The van der Waals surface area contributed by atoms with Crippen LogP contribution >= 0.6 is 15.9 Å². The molecule has 1 rings (SSSR count). The Morgan fingerprint density at radius 1 is 1.27 bits per heavy atom. The van der Waals surface area contributed by atoms with Crippen molar-refractivity contribution >= 4 is 15.9 Å². The van der Waals surface area contributed by atoms with Gasteiger partial charge in [-0.1, -0.05) is 35.8 Å². The average molecular weight is 272 g/mol. The summed E-state index contributed by atoms with van der Waals surface area (Å²) in [4.78, 5) is 2.36. The van der Waals surface area contributed by atoms with E-state index in [4.69, 9.17) is 4.74 Å². The van der Waals surface area contributed by atoms with E-state index in [-0.39, 0.29) is 0 Å². The number of benzene rings is 1. The van der Waals surface area contributed by atoms with Crippen LogP contribution in [0.25, 0.3) is 0 Å². The van der Waals surface area contributed by atoms with Gasteiger partial charge in [0.1, 0.15) is 5.75 Å². The molecule has 2 nitrogen and oxygen atoms in total. The van der Waals surface area contributed by atoms with Crippen molar-refractivity contribution in [3.05, 3.63) is 28.2 Å². The average Bonchev–Trinajstić information content (AvgIpc) is 2.27. The summed E-state index contributed by atoms with van der Waals surface area (Å²) in [5.41, 5.74) is 1.23. The number of methoxy groups -OCH3 is 1. The van der Waals surface area contributed by atoms with Crippen molar-refractivity contribution in [2.45, 2.75) is 20.4 Å². The topological polar surface area (TPSA) is 12.5 Å². The highest BCUT2D eigenvalue weighted by molar-refractivity contribution is 9.10. The van der Waals surface area contributed by atoms with Crippen molar-refractivity contribution in [3.8, 4) is 5.75 Å². The molecule has 84 valence electrons. The predicted molar refractivity (Wildman–Crippen MR) is 67.3 cm³/mol. The van der Waals surface area contributed by atoms with Gasteiger partial charge in [-0.05, 0) is 25.2 Å². The SMILES string of the molecule is CCN(CC)Cc1c(Br)cccc1OC. The number of halogens is 1. The van der Waals surface area contributed by atoms with Crippen LogP contribution in [0.2, 0.25) is 0 Å². The smallest absolute Gasteiger partial charge is 0.124 e. The molecule has 0 aliphatic rings. The molecule has 0 bridgehead atoms. The fourth-order valence-corrected chi connectivity index (χ4v) is 2.03. The van der Waals surface area contributed by atoms with Gasteiger partial charge >= 0.3 is 0 Å². The van der Waals surface area contributed by atoms with Gasteiger partial charge in [0.2, 0.25) is 0 Å². The first-order valence-electron chi connectivity index (χ1n) is 5.26. The van der Waals surface area contributed by atoms with Gasteiger partial charge in [0.05, 0.1) is 7.11 Å². The lowest BCUT2D eigenvalue weighted by Crippen LogP contribution is -2.22. The van der Waals surface area contributed by atoms with E-state index < -0.39 is 0 Å². The molecular weight excluding hydrogens is 254 g/mol. The van der Waals surface area contributed by atoms with Crippen LogP contribution in [-0.4, -0.2) is 25.1 Å². The third-order valence-corrected chi connectivity index (χ3v) is 3.31. The Hall–Kier alpha value is -0.540. The lowest BCUT2D eigenvalue weighted by molar-refractivity contribution is 0.288. The summed E-state index contributed by atoms with van der Waals surface area (Å²) >= 11 is 3.57. The molecule has 1 aromatic carbocycles. The first-order valence-corrected chi connectivity index (χ1v) is 6.05. The Kier molecular flexibility index (Phi) is 5.12. The van der Waals surface area contributed by atoms with Gasteiger partial charge in [0.25, 0.3) is 0 Å². The van der Waals surface area contributed by atoms with Gasteiger partial charge in [-0.2, -0.15) is 0 Å². The molecule has 0 atom stereocenters. The zero-order valence-electron chi connectivity index (χ0n) is 9.59. The van der Waals surface area contributed by atoms with Crippen molar-refractivity contribution in [2.24, 2.45) is 0 Å². The van der Waals surface area contributed by atoms with Gasteiger partial charge in [-0.3, -0.25) is 4.90 Å². The quantitative estimate of drug-likeness (QED) is 0.815. The van der Waals surface area contributed by atoms with Crippen LogP contribution in [0, 0.1) is 0 Å². The number of nitrogens with zero attached hydrogens (tertiary/aromatic N) is 1. The summed E-state index contributed by atoms with van der Waals surface area (Å²) in [5.74, 6) is 0.955. The maximum Gasteiger partial charge on any atom is 0.124 e. The van der Waals surface area contributed by atoms with Crippen molar-refractivity contribution in [3.63, 3.8) is 0 Å². The van der Waals surface area contributed by atoms with Crippen molar-refractivity contribution in [1.29, 1.82) is 0 Å². The molecule has 0 fully saturated rings. The van der Waals surface area contributed by atoms with Crippen LogP contribution in [-0.2, 0) is 6.54 Å². The molecule has 0 aliphatic carbocycles. The summed E-state index contributed by atoms with van der Waals surface area (Å²) in [6.07, 6.45) is 0. The highest BCUT2D eigenvalue weighted by Crippen LogP contribution is 2.27. The van der Waals surface area contributed by atoms with Crippen LogP contribution in [0.3, 0.4) is 0 Å². The van der Waals surface area contributed by atoms with Gasteiger partial charge in [0.15, 0.2) is 0 Å². The molecule has 0 saturated carbocycles. The summed E-state index contributed by atoms with van der Waals surface area (Å²) < 4.78 is 6.48. The van der Waals surface area contributed by atoms with Crippen LogP contribution in [0.1, 0.15) is 19.4 Å². The van der Waals surface area contributed by atoms with E-state index >= 15 is 0 Å². The molecule has 0 unspecified atom stereocenters.